The summed E-state index contributed by atoms with van der Waals surface area (Å²) >= 11 is 5.90. The summed E-state index contributed by atoms with van der Waals surface area (Å²) in [6.07, 6.45) is 3.94. The third-order valence-corrected chi connectivity index (χ3v) is 3.51. The minimum Gasteiger partial charge on any atom is -0.345 e. The van der Waals surface area contributed by atoms with Crippen LogP contribution in [0.15, 0.2) is 12.3 Å². The summed E-state index contributed by atoms with van der Waals surface area (Å²) in [6.45, 7) is 1.61. The second kappa shape index (κ2) is 5.10. The SMILES string of the molecule is CN[C@@H]1CCCN(C(=O)c2cc(Cl)cn2C)C1. The molecule has 1 aromatic heterocycles. The van der Waals surface area contributed by atoms with Crippen LogP contribution >= 0.6 is 11.6 Å². The van der Waals surface area contributed by atoms with E-state index in [1.807, 2.05) is 19.0 Å². The average Bonchev–Trinajstić information content (AvgIpc) is 2.67. The Morgan fingerprint density at radius 1 is 1.59 bits per heavy atom. The van der Waals surface area contributed by atoms with Crippen LogP contribution in [0.5, 0.6) is 0 Å². The Bertz CT molecular complexity index is 416. The van der Waals surface area contributed by atoms with Gasteiger partial charge in [-0.3, -0.25) is 4.79 Å². The number of carbonyl (C=O) groups is 1. The molecule has 1 aliphatic heterocycles. The third-order valence-electron chi connectivity index (χ3n) is 3.31. The highest BCUT2D eigenvalue weighted by Crippen LogP contribution is 2.17. The summed E-state index contributed by atoms with van der Waals surface area (Å²) in [6, 6.07) is 2.14. The summed E-state index contributed by atoms with van der Waals surface area (Å²) < 4.78 is 1.79. The number of aryl methyl sites for hydroxylation is 1. The van der Waals surface area contributed by atoms with Gasteiger partial charge in [0, 0.05) is 32.4 Å². The molecule has 17 heavy (non-hydrogen) atoms. The Morgan fingerprint density at radius 2 is 2.35 bits per heavy atom. The van der Waals surface area contributed by atoms with E-state index < -0.39 is 0 Å². The van der Waals surface area contributed by atoms with E-state index in [4.69, 9.17) is 11.6 Å². The minimum absolute atomic E-state index is 0.0688. The van der Waals surface area contributed by atoms with Gasteiger partial charge in [-0.05, 0) is 26.0 Å². The molecule has 0 aromatic carbocycles. The lowest BCUT2D eigenvalue weighted by Crippen LogP contribution is -2.47. The van der Waals surface area contributed by atoms with E-state index in [1.54, 1.807) is 16.8 Å². The van der Waals surface area contributed by atoms with E-state index in [2.05, 4.69) is 5.32 Å². The maximum atomic E-state index is 12.3. The van der Waals surface area contributed by atoms with Crippen molar-refractivity contribution in [1.82, 2.24) is 14.8 Å². The summed E-state index contributed by atoms with van der Waals surface area (Å²) in [7, 11) is 3.79. The molecule has 0 bridgehead atoms. The molecule has 1 amide bonds. The normalized spacial score (nSPS) is 20.6. The Labute approximate surface area is 107 Å². The Balaban J connectivity index is 2.12. The molecular weight excluding hydrogens is 238 g/mol. The summed E-state index contributed by atoms with van der Waals surface area (Å²) in [5.41, 5.74) is 0.659. The van der Waals surface area contributed by atoms with Crippen LogP contribution in [0.25, 0.3) is 0 Å². The van der Waals surface area contributed by atoms with E-state index in [-0.39, 0.29) is 5.91 Å². The smallest absolute Gasteiger partial charge is 0.270 e. The van der Waals surface area contributed by atoms with Gasteiger partial charge in [-0.15, -0.1) is 0 Å². The number of nitrogens with one attached hydrogen (secondary N) is 1. The van der Waals surface area contributed by atoms with E-state index in [1.165, 1.54) is 0 Å². The lowest BCUT2D eigenvalue weighted by atomic mass is 10.1. The highest BCUT2D eigenvalue weighted by Gasteiger charge is 2.25. The van der Waals surface area contributed by atoms with Crippen LogP contribution in [0.2, 0.25) is 5.02 Å². The van der Waals surface area contributed by atoms with Crippen molar-refractivity contribution in [3.05, 3.63) is 23.0 Å². The minimum atomic E-state index is 0.0688. The Hall–Kier alpha value is -1.00. The average molecular weight is 256 g/mol. The Kier molecular flexibility index (Phi) is 3.74. The van der Waals surface area contributed by atoms with Gasteiger partial charge < -0.3 is 14.8 Å². The molecule has 4 nitrogen and oxygen atoms in total. The molecule has 1 fully saturated rings. The largest absolute Gasteiger partial charge is 0.345 e. The van der Waals surface area contributed by atoms with Crippen LogP contribution in [0, 0.1) is 0 Å². The molecule has 0 spiro atoms. The zero-order valence-corrected chi connectivity index (χ0v) is 11.0. The molecule has 1 saturated heterocycles. The first-order valence-corrected chi connectivity index (χ1v) is 6.28. The van der Waals surface area contributed by atoms with Crippen LogP contribution in [0.4, 0.5) is 0 Å². The Morgan fingerprint density at radius 3 is 2.94 bits per heavy atom. The van der Waals surface area contributed by atoms with Crippen LogP contribution < -0.4 is 5.32 Å². The molecule has 1 aromatic rings. The number of nitrogens with zero attached hydrogens (tertiary/aromatic N) is 2. The van der Waals surface area contributed by atoms with Gasteiger partial charge >= 0.3 is 0 Å². The van der Waals surface area contributed by atoms with Crippen molar-refractivity contribution in [3.63, 3.8) is 0 Å². The van der Waals surface area contributed by atoms with Gasteiger partial charge in [0.25, 0.3) is 5.91 Å². The molecule has 94 valence electrons. The van der Waals surface area contributed by atoms with Crippen molar-refractivity contribution in [2.45, 2.75) is 18.9 Å². The fraction of sp³-hybridized carbons (Fsp3) is 0.583. The molecule has 5 heteroatoms. The van der Waals surface area contributed by atoms with Crippen molar-refractivity contribution in [3.8, 4) is 0 Å². The van der Waals surface area contributed by atoms with E-state index in [9.17, 15) is 4.79 Å². The van der Waals surface area contributed by atoms with Gasteiger partial charge in [0.15, 0.2) is 0 Å². The zero-order chi connectivity index (χ0) is 12.4. The van der Waals surface area contributed by atoms with Gasteiger partial charge in [-0.2, -0.15) is 0 Å². The molecule has 0 radical (unpaired) electrons. The van der Waals surface area contributed by atoms with Crippen LogP contribution in [0.1, 0.15) is 23.3 Å². The first kappa shape index (κ1) is 12.5. The number of hydrogen-bond acceptors (Lipinski definition) is 2. The van der Waals surface area contributed by atoms with Crippen LogP contribution in [0.3, 0.4) is 0 Å². The number of amides is 1. The molecule has 1 atom stereocenters. The quantitative estimate of drug-likeness (QED) is 0.870. The van der Waals surface area contributed by atoms with E-state index in [0.717, 1.165) is 25.9 Å². The topological polar surface area (TPSA) is 37.3 Å². The van der Waals surface area contributed by atoms with Crippen molar-refractivity contribution >= 4 is 17.5 Å². The maximum Gasteiger partial charge on any atom is 0.270 e. The summed E-state index contributed by atoms with van der Waals surface area (Å²) in [5.74, 6) is 0.0688. The molecule has 1 N–H and O–H groups in total. The zero-order valence-electron chi connectivity index (χ0n) is 10.2. The molecule has 2 rings (SSSR count). The van der Waals surface area contributed by atoms with Gasteiger partial charge in [0.2, 0.25) is 0 Å². The molecule has 0 saturated carbocycles. The number of hydrogen-bond donors (Lipinski definition) is 1. The molecule has 0 unspecified atom stereocenters. The lowest BCUT2D eigenvalue weighted by molar-refractivity contribution is 0.0688. The predicted molar refractivity (Wildman–Crippen MR) is 68.4 cm³/mol. The van der Waals surface area contributed by atoms with Gasteiger partial charge in [-0.1, -0.05) is 11.6 Å². The highest BCUT2D eigenvalue weighted by atomic mass is 35.5. The second-order valence-electron chi connectivity index (χ2n) is 4.53. The molecule has 0 aliphatic carbocycles. The maximum absolute atomic E-state index is 12.3. The van der Waals surface area contributed by atoms with Crippen LogP contribution in [-0.2, 0) is 7.05 Å². The van der Waals surface area contributed by atoms with Crippen molar-refractivity contribution < 1.29 is 4.79 Å². The number of rotatable bonds is 2. The number of aromatic nitrogens is 1. The number of halogens is 1. The van der Waals surface area contributed by atoms with E-state index in [0.29, 0.717) is 16.8 Å². The second-order valence-corrected chi connectivity index (χ2v) is 4.97. The number of likely N-dealkylation sites (N-methyl/N-ethyl adjacent to an activating group) is 1. The number of likely N-dealkylation sites (tertiary alicyclic amines) is 1. The van der Waals surface area contributed by atoms with Crippen molar-refractivity contribution in [2.24, 2.45) is 7.05 Å². The van der Waals surface area contributed by atoms with Crippen molar-refractivity contribution in [1.29, 1.82) is 0 Å². The summed E-state index contributed by atoms with van der Waals surface area (Å²) in [5, 5.41) is 3.84. The molecular formula is C12H18ClN3O. The summed E-state index contributed by atoms with van der Waals surface area (Å²) in [4.78, 5) is 14.2. The fourth-order valence-corrected chi connectivity index (χ4v) is 2.55. The van der Waals surface area contributed by atoms with Crippen molar-refractivity contribution in [2.75, 3.05) is 20.1 Å². The fourth-order valence-electron chi connectivity index (χ4n) is 2.30. The van der Waals surface area contributed by atoms with Gasteiger partial charge in [0.1, 0.15) is 5.69 Å². The molecule has 1 aliphatic rings. The molecule has 2 heterocycles. The number of piperidine rings is 1. The highest BCUT2D eigenvalue weighted by molar-refractivity contribution is 6.31. The number of carbonyl (C=O) groups excluding carboxylic acids is 1. The standard InChI is InChI=1S/C12H18ClN3O/c1-14-10-4-3-5-16(8-10)12(17)11-6-9(13)7-15(11)2/h6-7,10,14H,3-5,8H2,1-2H3/t10-/m1/s1. The first-order chi connectivity index (χ1) is 8.11. The first-order valence-electron chi connectivity index (χ1n) is 5.90. The monoisotopic (exact) mass is 255 g/mol. The van der Waals surface area contributed by atoms with E-state index >= 15 is 0 Å². The third kappa shape index (κ3) is 2.64. The van der Waals surface area contributed by atoms with Gasteiger partial charge in [-0.25, -0.2) is 0 Å². The van der Waals surface area contributed by atoms with Crippen LogP contribution in [-0.4, -0.2) is 41.6 Å². The lowest BCUT2D eigenvalue weighted by Gasteiger charge is -2.32. The van der Waals surface area contributed by atoms with Gasteiger partial charge in [0.05, 0.1) is 5.02 Å². The predicted octanol–water partition coefficient (Wildman–Crippen LogP) is 1.50.